The number of benzene rings is 3. The van der Waals surface area contributed by atoms with Crippen LogP contribution in [-0.4, -0.2) is 25.3 Å². The highest BCUT2D eigenvalue weighted by Gasteiger charge is 2.34. The number of halogens is 1. The quantitative estimate of drug-likeness (QED) is 0.195. The van der Waals surface area contributed by atoms with Crippen LogP contribution in [0, 0.1) is 17.2 Å². The van der Waals surface area contributed by atoms with Crippen molar-refractivity contribution in [1.29, 1.82) is 0 Å². The molecule has 3 aromatic carbocycles. The van der Waals surface area contributed by atoms with Gasteiger partial charge >= 0.3 is 5.97 Å². The van der Waals surface area contributed by atoms with Crippen LogP contribution in [0.2, 0.25) is 0 Å². The summed E-state index contributed by atoms with van der Waals surface area (Å²) in [7, 11) is 2.95. The molecule has 5 nitrogen and oxygen atoms in total. The van der Waals surface area contributed by atoms with Crippen molar-refractivity contribution in [2.45, 2.75) is 51.7 Å². The van der Waals surface area contributed by atoms with Gasteiger partial charge < -0.3 is 19.3 Å². The van der Waals surface area contributed by atoms with Crippen molar-refractivity contribution in [3.63, 3.8) is 0 Å². The summed E-state index contributed by atoms with van der Waals surface area (Å²) in [6.07, 6.45) is 3.34. The number of esters is 1. The third kappa shape index (κ3) is 6.69. The van der Waals surface area contributed by atoms with E-state index >= 15 is 0 Å². The molecule has 0 radical (unpaired) electrons. The summed E-state index contributed by atoms with van der Waals surface area (Å²) in [6, 6.07) is 18.0. The summed E-state index contributed by atoms with van der Waals surface area (Å²) < 4.78 is 31.3. The summed E-state index contributed by atoms with van der Waals surface area (Å²) in [5.74, 6) is 1.21. The summed E-state index contributed by atoms with van der Waals surface area (Å²) in [6.45, 7) is 7.90. The van der Waals surface area contributed by atoms with Crippen molar-refractivity contribution in [1.82, 2.24) is 0 Å². The SMILES string of the molecule is C=CC(C)(C)[C@H](O)c1cc(COc2cccc([C@@H](CC(=O)OC)C3CC3)c2)ccc1-c1cc(OC)ccc1F. The molecule has 0 bridgehead atoms. The van der Waals surface area contributed by atoms with Crippen LogP contribution in [0.25, 0.3) is 11.1 Å². The number of hydrogen-bond donors (Lipinski definition) is 1. The molecule has 1 fully saturated rings. The first-order valence-corrected chi connectivity index (χ1v) is 13.2. The van der Waals surface area contributed by atoms with E-state index in [1.807, 2.05) is 56.3 Å². The van der Waals surface area contributed by atoms with Crippen LogP contribution >= 0.6 is 0 Å². The highest BCUT2D eigenvalue weighted by Crippen LogP contribution is 2.45. The Hall–Kier alpha value is -3.64. The molecular formula is C33H37FO5. The lowest BCUT2D eigenvalue weighted by molar-refractivity contribution is -0.141. The van der Waals surface area contributed by atoms with Gasteiger partial charge in [0.2, 0.25) is 0 Å². The molecule has 4 rings (SSSR count). The van der Waals surface area contributed by atoms with E-state index in [9.17, 15) is 14.3 Å². The standard InChI is InChI=1S/C33H37FO5/c1-6-33(2,3)32(36)29-16-21(10-14-26(29)28-18-24(37-4)13-15-30(28)34)20-39-25-9-7-8-23(17-25)27(22-11-12-22)19-31(35)38-5/h6-10,13-18,22,27,32,36H,1,11-12,19-20H2,2-5H3/t27-,32+/m0/s1. The second kappa shape index (κ2) is 12.0. The van der Waals surface area contributed by atoms with Crippen LogP contribution < -0.4 is 9.47 Å². The lowest BCUT2D eigenvalue weighted by Crippen LogP contribution is -2.20. The highest BCUT2D eigenvalue weighted by atomic mass is 19.1. The fourth-order valence-electron chi connectivity index (χ4n) is 4.84. The molecule has 0 aliphatic heterocycles. The topological polar surface area (TPSA) is 65.0 Å². The molecule has 0 saturated heterocycles. The number of rotatable bonds is 12. The van der Waals surface area contributed by atoms with Crippen LogP contribution in [0.15, 0.2) is 73.3 Å². The highest BCUT2D eigenvalue weighted by molar-refractivity contribution is 5.71. The zero-order chi connectivity index (χ0) is 28.2. The smallest absolute Gasteiger partial charge is 0.306 e. The minimum atomic E-state index is -0.934. The number of carbonyl (C=O) groups excluding carboxylic acids is 1. The third-order valence-electron chi connectivity index (χ3n) is 7.60. The lowest BCUT2D eigenvalue weighted by Gasteiger charge is -2.29. The minimum absolute atomic E-state index is 0.112. The number of carbonyl (C=O) groups is 1. The molecule has 1 aliphatic carbocycles. The van der Waals surface area contributed by atoms with Gasteiger partial charge in [-0.25, -0.2) is 4.39 Å². The van der Waals surface area contributed by atoms with Gasteiger partial charge in [-0.2, -0.15) is 0 Å². The van der Waals surface area contributed by atoms with Gasteiger partial charge in [-0.3, -0.25) is 4.79 Å². The van der Waals surface area contributed by atoms with E-state index in [2.05, 4.69) is 6.58 Å². The molecule has 0 aromatic heterocycles. The number of aliphatic hydroxyl groups excluding tert-OH is 1. The van der Waals surface area contributed by atoms with Crippen LogP contribution in [0.1, 0.15) is 61.8 Å². The Kier molecular flexibility index (Phi) is 8.76. The molecule has 1 aliphatic rings. The number of ether oxygens (including phenoxy) is 3. The number of hydrogen-bond acceptors (Lipinski definition) is 5. The van der Waals surface area contributed by atoms with Crippen LogP contribution in [0.4, 0.5) is 4.39 Å². The first-order valence-electron chi connectivity index (χ1n) is 13.2. The second-order valence-corrected chi connectivity index (χ2v) is 10.8. The molecule has 1 N–H and O–H groups in total. The molecule has 206 valence electrons. The zero-order valence-corrected chi connectivity index (χ0v) is 23.1. The van der Waals surface area contributed by atoms with Crippen molar-refractivity contribution < 1.29 is 28.5 Å². The van der Waals surface area contributed by atoms with Crippen molar-refractivity contribution in [2.24, 2.45) is 11.3 Å². The van der Waals surface area contributed by atoms with E-state index in [1.165, 1.54) is 20.3 Å². The van der Waals surface area contributed by atoms with Crippen molar-refractivity contribution >= 4 is 5.97 Å². The molecule has 1 saturated carbocycles. The van der Waals surface area contributed by atoms with Gasteiger partial charge in [-0.05, 0) is 83.3 Å². The molecule has 6 heteroatoms. The predicted molar refractivity (Wildman–Crippen MR) is 150 cm³/mol. The summed E-state index contributed by atoms with van der Waals surface area (Å²) in [4.78, 5) is 12.0. The van der Waals surface area contributed by atoms with Crippen molar-refractivity contribution in [2.75, 3.05) is 14.2 Å². The van der Waals surface area contributed by atoms with Gasteiger partial charge in [0.05, 0.1) is 26.7 Å². The van der Waals surface area contributed by atoms with Crippen LogP contribution in [0.5, 0.6) is 11.5 Å². The lowest BCUT2D eigenvalue weighted by atomic mass is 9.79. The average molecular weight is 533 g/mol. The maximum Gasteiger partial charge on any atom is 0.306 e. The molecule has 0 heterocycles. The van der Waals surface area contributed by atoms with E-state index in [1.54, 1.807) is 18.2 Å². The third-order valence-corrected chi connectivity index (χ3v) is 7.60. The first-order chi connectivity index (χ1) is 18.7. The van der Waals surface area contributed by atoms with Gasteiger partial charge in [0, 0.05) is 11.0 Å². The molecule has 0 unspecified atom stereocenters. The van der Waals surface area contributed by atoms with E-state index in [0.717, 1.165) is 24.0 Å². The number of methoxy groups -OCH3 is 2. The van der Waals surface area contributed by atoms with Gasteiger partial charge in [0.25, 0.3) is 0 Å². The summed E-state index contributed by atoms with van der Waals surface area (Å²) in [5, 5.41) is 11.4. The Bertz CT molecular complexity index is 1330. The van der Waals surface area contributed by atoms with E-state index in [4.69, 9.17) is 14.2 Å². The average Bonchev–Trinajstić information content (AvgIpc) is 3.80. The number of aliphatic hydroxyl groups is 1. The zero-order valence-electron chi connectivity index (χ0n) is 23.1. The Morgan fingerprint density at radius 1 is 1.08 bits per heavy atom. The Morgan fingerprint density at radius 2 is 1.85 bits per heavy atom. The summed E-state index contributed by atoms with van der Waals surface area (Å²) >= 11 is 0. The summed E-state index contributed by atoms with van der Waals surface area (Å²) in [5.41, 5.74) is 2.74. The molecule has 0 amide bonds. The Morgan fingerprint density at radius 3 is 2.51 bits per heavy atom. The van der Waals surface area contributed by atoms with Crippen molar-refractivity contribution in [3.05, 3.63) is 95.8 Å². The monoisotopic (exact) mass is 532 g/mol. The Balaban J connectivity index is 1.62. The maximum atomic E-state index is 14.9. The second-order valence-electron chi connectivity index (χ2n) is 10.8. The van der Waals surface area contributed by atoms with Gasteiger partial charge in [-0.1, -0.05) is 44.2 Å². The molecule has 3 aromatic rings. The normalized spacial score (nSPS) is 14.8. The van der Waals surface area contributed by atoms with Gasteiger partial charge in [0.15, 0.2) is 0 Å². The van der Waals surface area contributed by atoms with E-state index in [-0.39, 0.29) is 18.5 Å². The van der Waals surface area contributed by atoms with Gasteiger partial charge in [0.1, 0.15) is 23.9 Å². The molecule has 0 spiro atoms. The van der Waals surface area contributed by atoms with E-state index < -0.39 is 17.3 Å². The molecule has 39 heavy (non-hydrogen) atoms. The molecular weight excluding hydrogens is 495 g/mol. The van der Waals surface area contributed by atoms with Crippen molar-refractivity contribution in [3.8, 4) is 22.6 Å². The fourth-order valence-corrected chi connectivity index (χ4v) is 4.84. The van der Waals surface area contributed by atoms with E-state index in [0.29, 0.717) is 40.5 Å². The first kappa shape index (κ1) is 28.4. The predicted octanol–water partition coefficient (Wildman–Crippen LogP) is 7.38. The van der Waals surface area contributed by atoms with Gasteiger partial charge in [-0.15, -0.1) is 6.58 Å². The molecule has 2 atom stereocenters. The largest absolute Gasteiger partial charge is 0.497 e. The minimum Gasteiger partial charge on any atom is -0.497 e. The van der Waals surface area contributed by atoms with Crippen LogP contribution in [0.3, 0.4) is 0 Å². The van der Waals surface area contributed by atoms with Crippen LogP contribution in [-0.2, 0) is 16.1 Å². The fraction of sp³-hybridized carbons (Fsp3) is 0.364. The Labute approximate surface area is 230 Å². The maximum absolute atomic E-state index is 14.9.